The monoisotopic (exact) mass is 242 g/mol. The molecule has 0 heterocycles. The number of phenols is 1. The van der Waals surface area contributed by atoms with Gasteiger partial charge in [-0.2, -0.15) is 0 Å². The second kappa shape index (κ2) is 5.23. The van der Waals surface area contributed by atoms with Crippen molar-refractivity contribution in [1.29, 1.82) is 0 Å². The largest absolute Gasteiger partial charge is 0.507 e. The molecule has 2 rings (SSSR count). The molecule has 2 nitrogen and oxygen atoms in total. The predicted molar refractivity (Wildman–Crippen MR) is 73.0 cm³/mol. The number of aliphatic hydroxyl groups excluding tert-OH is 1. The van der Waals surface area contributed by atoms with Crippen molar-refractivity contribution in [2.24, 2.45) is 0 Å². The summed E-state index contributed by atoms with van der Waals surface area (Å²) in [5, 5.41) is 19.8. The van der Waals surface area contributed by atoms with Crippen LogP contribution in [-0.2, 0) is 0 Å². The minimum absolute atomic E-state index is 0.0134. The lowest BCUT2D eigenvalue weighted by Gasteiger charge is -2.18. The zero-order valence-electron chi connectivity index (χ0n) is 10.7. The quantitative estimate of drug-likeness (QED) is 0.868. The van der Waals surface area contributed by atoms with Crippen LogP contribution in [0.25, 0.3) is 0 Å². The molecule has 0 aliphatic carbocycles. The maximum Gasteiger partial charge on any atom is 0.122 e. The number of aromatic hydroxyl groups is 1. The number of aliphatic hydroxyl groups is 1. The Balaban J connectivity index is 2.52. The van der Waals surface area contributed by atoms with Gasteiger partial charge in [-0.05, 0) is 25.0 Å². The molecular formula is C16H18O2. The van der Waals surface area contributed by atoms with Gasteiger partial charge in [0.05, 0.1) is 6.61 Å². The maximum absolute atomic E-state index is 10.2. The van der Waals surface area contributed by atoms with Gasteiger partial charge in [0.1, 0.15) is 5.75 Å². The number of rotatable bonds is 3. The molecule has 0 bridgehead atoms. The molecule has 0 spiro atoms. The second-order valence-corrected chi connectivity index (χ2v) is 4.67. The Bertz CT molecular complexity index is 532. The fourth-order valence-electron chi connectivity index (χ4n) is 2.33. The van der Waals surface area contributed by atoms with E-state index in [1.54, 1.807) is 0 Å². The minimum Gasteiger partial charge on any atom is -0.507 e. The van der Waals surface area contributed by atoms with E-state index in [-0.39, 0.29) is 18.3 Å². The number of aryl methyl sites for hydroxylation is 2. The Morgan fingerprint density at radius 3 is 2.33 bits per heavy atom. The molecule has 0 saturated heterocycles. The SMILES string of the molecule is Cc1cc(C)c(O)c(C(CO)c2ccccc2)c1. The van der Waals surface area contributed by atoms with Gasteiger partial charge in [0.25, 0.3) is 0 Å². The second-order valence-electron chi connectivity index (χ2n) is 4.67. The van der Waals surface area contributed by atoms with E-state index in [9.17, 15) is 10.2 Å². The average molecular weight is 242 g/mol. The van der Waals surface area contributed by atoms with Crippen molar-refractivity contribution in [2.45, 2.75) is 19.8 Å². The van der Waals surface area contributed by atoms with Gasteiger partial charge in [-0.25, -0.2) is 0 Å². The summed E-state index contributed by atoms with van der Waals surface area (Å²) in [6, 6.07) is 13.7. The Morgan fingerprint density at radius 1 is 1.06 bits per heavy atom. The van der Waals surface area contributed by atoms with Crippen molar-refractivity contribution < 1.29 is 10.2 Å². The molecule has 0 radical (unpaired) electrons. The van der Waals surface area contributed by atoms with Crippen molar-refractivity contribution in [3.05, 3.63) is 64.7 Å². The van der Waals surface area contributed by atoms with Crippen LogP contribution in [0.3, 0.4) is 0 Å². The lowest BCUT2D eigenvalue weighted by Crippen LogP contribution is -2.07. The predicted octanol–water partition coefficient (Wildman–Crippen LogP) is 3.13. The highest BCUT2D eigenvalue weighted by Crippen LogP contribution is 2.34. The van der Waals surface area contributed by atoms with Crippen LogP contribution in [0.2, 0.25) is 0 Å². The van der Waals surface area contributed by atoms with Gasteiger partial charge >= 0.3 is 0 Å². The van der Waals surface area contributed by atoms with Crippen LogP contribution < -0.4 is 0 Å². The van der Waals surface area contributed by atoms with Crippen LogP contribution in [0, 0.1) is 13.8 Å². The summed E-state index contributed by atoms with van der Waals surface area (Å²) < 4.78 is 0. The standard InChI is InChI=1S/C16H18O2/c1-11-8-12(2)16(18)14(9-11)15(10-17)13-6-4-3-5-7-13/h3-9,15,17-18H,10H2,1-2H3. The van der Waals surface area contributed by atoms with E-state index in [0.29, 0.717) is 0 Å². The summed E-state index contributed by atoms with van der Waals surface area (Å²) in [5.74, 6) is 0.105. The van der Waals surface area contributed by atoms with Crippen molar-refractivity contribution in [2.75, 3.05) is 6.61 Å². The zero-order chi connectivity index (χ0) is 13.1. The Hall–Kier alpha value is -1.80. The van der Waals surface area contributed by atoms with E-state index >= 15 is 0 Å². The summed E-state index contributed by atoms with van der Waals surface area (Å²) in [4.78, 5) is 0. The molecule has 0 aromatic heterocycles. The third kappa shape index (κ3) is 2.39. The van der Waals surface area contributed by atoms with E-state index in [4.69, 9.17) is 0 Å². The van der Waals surface area contributed by atoms with Crippen LogP contribution >= 0.6 is 0 Å². The van der Waals surface area contributed by atoms with Gasteiger partial charge < -0.3 is 10.2 Å². The molecule has 2 aromatic carbocycles. The van der Waals surface area contributed by atoms with Crippen LogP contribution in [0.4, 0.5) is 0 Å². The maximum atomic E-state index is 10.2. The van der Waals surface area contributed by atoms with Crippen molar-refractivity contribution >= 4 is 0 Å². The first-order valence-corrected chi connectivity index (χ1v) is 6.09. The normalized spacial score (nSPS) is 12.4. The summed E-state index contributed by atoms with van der Waals surface area (Å²) in [7, 11) is 0. The lowest BCUT2D eigenvalue weighted by molar-refractivity contribution is 0.278. The summed E-state index contributed by atoms with van der Waals surface area (Å²) in [5.41, 5.74) is 3.75. The zero-order valence-corrected chi connectivity index (χ0v) is 10.7. The highest BCUT2D eigenvalue weighted by molar-refractivity contribution is 5.48. The average Bonchev–Trinajstić information content (AvgIpc) is 2.37. The first kappa shape index (κ1) is 12.7. The Labute approximate surface area is 108 Å². The highest BCUT2D eigenvalue weighted by Gasteiger charge is 2.18. The van der Waals surface area contributed by atoms with E-state index in [2.05, 4.69) is 0 Å². The van der Waals surface area contributed by atoms with E-state index in [1.165, 1.54) is 0 Å². The Kier molecular flexibility index (Phi) is 3.68. The number of hydrogen-bond acceptors (Lipinski definition) is 2. The first-order valence-electron chi connectivity index (χ1n) is 6.09. The summed E-state index contributed by atoms with van der Waals surface area (Å²) in [6.45, 7) is 3.86. The van der Waals surface area contributed by atoms with E-state index in [1.807, 2.05) is 56.3 Å². The number of benzene rings is 2. The van der Waals surface area contributed by atoms with Gasteiger partial charge in [-0.3, -0.25) is 0 Å². The fraction of sp³-hybridized carbons (Fsp3) is 0.250. The van der Waals surface area contributed by atoms with Crippen LogP contribution in [-0.4, -0.2) is 16.8 Å². The molecular weight excluding hydrogens is 224 g/mol. The molecule has 0 aliphatic heterocycles. The number of hydrogen-bond donors (Lipinski definition) is 2. The van der Waals surface area contributed by atoms with Crippen LogP contribution in [0.15, 0.2) is 42.5 Å². The molecule has 18 heavy (non-hydrogen) atoms. The molecule has 2 N–H and O–H groups in total. The molecule has 2 aromatic rings. The van der Waals surface area contributed by atoms with Crippen molar-refractivity contribution in [3.63, 3.8) is 0 Å². The molecule has 1 atom stereocenters. The van der Waals surface area contributed by atoms with Crippen molar-refractivity contribution in [3.8, 4) is 5.75 Å². The number of phenolic OH excluding ortho intramolecular Hbond substituents is 1. The van der Waals surface area contributed by atoms with Gasteiger partial charge in [-0.15, -0.1) is 0 Å². The first-order chi connectivity index (χ1) is 8.63. The van der Waals surface area contributed by atoms with Crippen LogP contribution in [0.5, 0.6) is 5.75 Å². The molecule has 1 unspecified atom stereocenters. The Morgan fingerprint density at radius 2 is 1.72 bits per heavy atom. The highest BCUT2D eigenvalue weighted by atomic mass is 16.3. The van der Waals surface area contributed by atoms with Crippen LogP contribution in [0.1, 0.15) is 28.2 Å². The van der Waals surface area contributed by atoms with Gasteiger partial charge in [0.15, 0.2) is 0 Å². The van der Waals surface area contributed by atoms with Gasteiger partial charge in [0.2, 0.25) is 0 Å². The smallest absolute Gasteiger partial charge is 0.122 e. The minimum atomic E-state index is -0.176. The van der Waals surface area contributed by atoms with Crippen molar-refractivity contribution in [1.82, 2.24) is 0 Å². The molecule has 0 fully saturated rings. The summed E-state index contributed by atoms with van der Waals surface area (Å²) >= 11 is 0. The lowest BCUT2D eigenvalue weighted by atomic mass is 9.89. The topological polar surface area (TPSA) is 40.5 Å². The summed E-state index contributed by atoms with van der Waals surface area (Å²) in [6.07, 6.45) is 0. The molecule has 0 aliphatic rings. The molecule has 0 saturated carbocycles. The fourth-order valence-corrected chi connectivity index (χ4v) is 2.33. The van der Waals surface area contributed by atoms with E-state index in [0.717, 1.165) is 22.3 Å². The molecule has 94 valence electrons. The van der Waals surface area contributed by atoms with E-state index < -0.39 is 0 Å². The third-order valence-corrected chi connectivity index (χ3v) is 3.23. The molecule has 2 heteroatoms. The molecule has 0 amide bonds. The van der Waals surface area contributed by atoms with Gasteiger partial charge in [-0.1, -0.05) is 48.0 Å². The third-order valence-electron chi connectivity index (χ3n) is 3.23. The van der Waals surface area contributed by atoms with Gasteiger partial charge in [0, 0.05) is 11.5 Å².